The van der Waals surface area contributed by atoms with E-state index in [0.717, 1.165) is 25.7 Å². The Morgan fingerprint density at radius 3 is 2.70 bits per heavy atom. The summed E-state index contributed by atoms with van der Waals surface area (Å²) in [5.74, 6) is 0.435. The van der Waals surface area contributed by atoms with Crippen molar-refractivity contribution in [2.45, 2.75) is 64.6 Å². The molecule has 0 bridgehead atoms. The summed E-state index contributed by atoms with van der Waals surface area (Å²) >= 11 is 6.21. The van der Waals surface area contributed by atoms with Gasteiger partial charge in [0.25, 0.3) is 0 Å². The van der Waals surface area contributed by atoms with Crippen LogP contribution in [0.25, 0.3) is 11.5 Å². The molecule has 1 saturated carbocycles. The second kappa shape index (κ2) is 8.76. The molecule has 1 aromatic heterocycles. The Morgan fingerprint density at radius 1 is 1.27 bits per heavy atom. The lowest BCUT2D eigenvalue weighted by atomic mass is 10.1. The lowest BCUT2D eigenvalue weighted by Gasteiger charge is -2.28. The average Bonchev–Trinajstić information content (AvgIpc) is 3.46. The summed E-state index contributed by atoms with van der Waals surface area (Å²) in [5.41, 5.74) is 0.661. The topological polar surface area (TPSA) is 79.5 Å². The first-order chi connectivity index (χ1) is 14.4. The number of benzene rings is 1. The minimum atomic E-state index is -0.313. The molecule has 2 heterocycles. The van der Waals surface area contributed by atoms with Crippen molar-refractivity contribution in [3.8, 4) is 11.5 Å². The molecule has 1 aliphatic heterocycles. The standard InChI is InChI=1S/C22H27ClN4O3/c1-14(2)26(13-19-24-25-21(30-19)17-9-5-6-10-18(17)23)22(29)15-11-20(28)27(12-15)16-7-3-4-8-16/h5-6,9-10,14-16H,3-4,7-8,11-13H2,1-2H3. The highest BCUT2D eigenvalue weighted by Crippen LogP contribution is 2.31. The van der Waals surface area contributed by atoms with Crippen LogP contribution < -0.4 is 0 Å². The molecule has 8 heteroatoms. The van der Waals surface area contributed by atoms with Gasteiger partial charge in [-0.3, -0.25) is 9.59 Å². The molecule has 30 heavy (non-hydrogen) atoms. The number of aromatic nitrogens is 2. The molecule has 2 fully saturated rings. The van der Waals surface area contributed by atoms with Crippen molar-refractivity contribution < 1.29 is 14.0 Å². The Kier molecular flexibility index (Phi) is 6.09. The quantitative estimate of drug-likeness (QED) is 0.693. The molecule has 160 valence electrons. The van der Waals surface area contributed by atoms with Crippen LogP contribution in [0.3, 0.4) is 0 Å². The molecule has 0 radical (unpaired) electrons. The van der Waals surface area contributed by atoms with Crippen molar-refractivity contribution >= 4 is 23.4 Å². The minimum absolute atomic E-state index is 0.0312. The van der Waals surface area contributed by atoms with Gasteiger partial charge >= 0.3 is 0 Å². The maximum absolute atomic E-state index is 13.3. The van der Waals surface area contributed by atoms with Gasteiger partial charge in [-0.2, -0.15) is 0 Å². The van der Waals surface area contributed by atoms with Crippen molar-refractivity contribution in [2.24, 2.45) is 5.92 Å². The van der Waals surface area contributed by atoms with Gasteiger partial charge in [0.15, 0.2) is 0 Å². The minimum Gasteiger partial charge on any atom is -0.419 e. The van der Waals surface area contributed by atoms with E-state index in [-0.39, 0.29) is 36.7 Å². The number of rotatable bonds is 6. The van der Waals surface area contributed by atoms with E-state index in [2.05, 4.69) is 10.2 Å². The molecule has 0 N–H and O–H groups in total. The molecule has 4 rings (SSSR count). The predicted octanol–water partition coefficient (Wildman–Crippen LogP) is 3.92. The second-order valence-corrected chi connectivity index (χ2v) is 8.83. The summed E-state index contributed by atoms with van der Waals surface area (Å²) in [4.78, 5) is 29.4. The normalized spacial score (nSPS) is 19.8. The molecule has 1 aliphatic carbocycles. The maximum atomic E-state index is 13.3. The monoisotopic (exact) mass is 430 g/mol. The Hall–Kier alpha value is -2.41. The lowest BCUT2D eigenvalue weighted by Crippen LogP contribution is -2.42. The van der Waals surface area contributed by atoms with Gasteiger partial charge in [-0.05, 0) is 38.8 Å². The van der Waals surface area contributed by atoms with E-state index in [1.54, 1.807) is 11.0 Å². The third kappa shape index (κ3) is 4.21. The maximum Gasteiger partial charge on any atom is 0.249 e. The molecular weight excluding hydrogens is 404 g/mol. The molecule has 1 aromatic carbocycles. The Bertz CT molecular complexity index is 923. The highest BCUT2D eigenvalue weighted by atomic mass is 35.5. The van der Waals surface area contributed by atoms with Gasteiger partial charge in [-0.25, -0.2) is 0 Å². The Balaban J connectivity index is 1.46. The fourth-order valence-corrected chi connectivity index (χ4v) is 4.64. The molecule has 1 saturated heterocycles. The van der Waals surface area contributed by atoms with Gasteiger partial charge in [0.05, 0.1) is 23.0 Å². The van der Waals surface area contributed by atoms with Crippen LogP contribution in [0.1, 0.15) is 51.8 Å². The first kappa shape index (κ1) is 20.8. The summed E-state index contributed by atoms with van der Waals surface area (Å²) in [6.45, 7) is 4.63. The predicted molar refractivity (Wildman–Crippen MR) is 113 cm³/mol. The van der Waals surface area contributed by atoms with Gasteiger partial charge in [-0.15, -0.1) is 10.2 Å². The number of hydrogen-bond donors (Lipinski definition) is 0. The van der Waals surface area contributed by atoms with Gasteiger partial charge in [0.2, 0.25) is 23.6 Å². The summed E-state index contributed by atoms with van der Waals surface area (Å²) in [6, 6.07) is 7.51. The average molecular weight is 431 g/mol. The zero-order chi connectivity index (χ0) is 21.3. The van der Waals surface area contributed by atoms with Gasteiger partial charge in [0.1, 0.15) is 0 Å². The number of nitrogens with zero attached hydrogens (tertiary/aromatic N) is 4. The number of carbonyl (C=O) groups excluding carboxylic acids is 2. The number of likely N-dealkylation sites (tertiary alicyclic amines) is 1. The van der Waals surface area contributed by atoms with Crippen molar-refractivity contribution in [3.63, 3.8) is 0 Å². The number of hydrogen-bond acceptors (Lipinski definition) is 5. The van der Waals surface area contributed by atoms with Crippen LogP contribution in [0.4, 0.5) is 0 Å². The van der Waals surface area contributed by atoms with E-state index in [1.807, 2.05) is 36.9 Å². The molecule has 0 spiro atoms. The summed E-state index contributed by atoms with van der Waals surface area (Å²) in [7, 11) is 0. The first-order valence-corrected chi connectivity index (χ1v) is 11.0. The van der Waals surface area contributed by atoms with Crippen molar-refractivity contribution in [2.75, 3.05) is 6.54 Å². The molecular formula is C22H27ClN4O3. The smallest absolute Gasteiger partial charge is 0.249 e. The third-order valence-electron chi connectivity index (χ3n) is 6.06. The largest absolute Gasteiger partial charge is 0.419 e. The van der Waals surface area contributed by atoms with E-state index in [1.165, 1.54) is 0 Å². The Labute approximate surface area is 181 Å². The summed E-state index contributed by atoms with van der Waals surface area (Å²) < 4.78 is 5.79. The zero-order valence-corrected chi connectivity index (χ0v) is 18.1. The molecule has 2 aliphatic rings. The summed E-state index contributed by atoms with van der Waals surface area (Å²) in [6.07, 6.45) is 4.71. The van der Waals surface area contributed by atoms with Crippen molar-refractivity contribution in [3.05, 3.63) is 35.2 Å². The number of amides is 2. The Morgan fingerprint density at radius 2 is 2.00 bits per heavy atom. The van der Waals surface area contributed by atoms with E-state index >= 15 is 0 Å². The SMILES string of the molecule is CC(C)N(Cc1nnc(-c2ccccc2Cl)o1)C(=O)C1CC(=O)N(C2CCCC2)C1. The van der Waals surface area contributed by atoms with Crippen LogP contribution in [0.5, 0.6) is 0 Å². The van der Waals surface area contributed by atoms with Crippen LogP contribution in [-0.4, -0.2) is 50.4 Å². The summed E-state index contributed by atoms with van der Waals surface area (Å²) in [5, 5.41) is 8.73. The van der Waals surface area contributed by atoms with Crippen molar-refractivity contribution in [1.29, 1.82) is 0 Å². The van der Waals surface area contributed by atoms with E-state index < -0.39 is 0 Å². The molecule has 7 nitrogen and oxygen atoms in total. The van der Waals surface area contributed by atoms with Gasteiger partial charge in [0, 0.05) is 25.0 Å². The fourth-order valence-electron chi connectivity index (χ4n) is 4.42. The van der Waals surface area contributed by atoms with Crippen LogP contribution >= 0.6 is 11.6 Å². The first-order valence-electron chi connectivity index (χ1n) is 10.6. The van der Waals surface area contributed by atoms with Gasteiger partial charge < -0.3 is 14.2 Å². The van der Waals surface area contributed by atoms with E-state index in [0.29, 0.717) is 35.0 Å². The zero-order valence-electron chi connectivity index (χ0n) is 17.4. The number of halogens is 1. The third-order valence-corrected chi connectivity index (χ3v) is 6.39. The van der Waals surface area contributed by atoms with Crippen LogP contribution in [0.2, 0.25) is 5.02 Å². The fraction of sp³-hybridized carbons (Fsp3) is 0.545. The van der Waals surface area contributed by atoms with E-state index in [9.17, 15) is 9.59 Å². The van der Waals surface area contributed by atoms with Crippen molar-refractivity contribution in [1.82, 2.24) is 20.0 Å². The highest BCUT2D eigenvalue weighted by molar-refractivity contribution is 6.33. The molecule has 2 amide bonds. The van der Waals surface area contributed by atoms with Gasteiger partial charge in [-0.1, -0.05) is 36.6 Å². The van der Waals surface area contributed by atoms with Crippen LogP contribution in [-0.2, 0) is 16.1 Å². The molecule has 1 atom stereocenters. The molecule has 2 aromatic rings. The van der Waals surface area contributed by atoms with Crippen LogP contribution in [0.15, 0.2) is 28.7 Å². The van der Waals surface area contributed by atoms with Crippen LogP contribution in [0, 0.1) is 5.92 Å². The van der Waals surface area contributed by atoms with E-state index in [4.69, 9.17) is 16.0 Å². The molecule has 1 unspecified atom stereocenters. The highest BCUT2D eigenvalue weighted by Gasteiger charge is 2.40. The number of carbonyl (C=O) groups is 2. The second-order valence-electron chi connectivity index (χ2n) is 8.43. The lowest BCUT2D eigenvalue weighted by molar-refractivity contribution is -0.138.